The number of piperazine rings is 1. The number of carbonyl (C=O) groups excluding carboxylic acids is 2. The third kappa shape index (κ3) is 4.70. The van der Waals surface area contributed by atoms with E-state index < -0.39 is 0 Å². The number of nitrogens with one attached hydrogen (secondary N) is 1. The van der Waals surface area contributed by atoms with Crippen molar-refractivity contribution in [3.8, 4) is 0 Å². The first kappa shape index (κ1) is 16.3. The van der Waals surface area contributed by atoms with Crippen LogP contribution in [0.3, 0.4) is 0 Å². The van der Waals surface area contributed by atoms with Gasteiger partial charge in [0, 0.05) is 32.7 Å². The van der Waals surface area contributed by atoms with E-state index >= 15 is 0 Å². The van der Waals surface area contributed by atoms with Crippen molar-refractivity contribution >= 4 is 11.8 Å². The quantitative estimate of drug-likeness (QED) is 0.733. The van der Waals surface area contributed by atoms with Crippen molar-refractivity contribution < 1.29 is 9.59 Å². The summed E-state index contributed by atoms with van der Waals surface area (Å²) in [5, 5.41) is 3.22. The van der Waals surface area contributed by atoms with Gasteiger partial charge in [-0.1, -0.05) is 13.8 Å². The van der Waals surface area contributed by atoms with Crippen molar-refractivity contribution in [1.82, 2.24) is 15.1 Å². The molecule has 0 aromatic carbocycles. The number of rotatable bonds is 8. The van der Waals surface area contributed by atoms with E-state index in [-0.39, 0.29) is 17.9 Å². The molecule has 2 aliphatic rings. The Labute approximate surface area is 128 Å². The summed E-state index contributed by atoms with van der Waals surface area (Å²) in [7, 11) is 0. The van der Waals surface area contributed by atoms with Crippen molar-refractivity contribution in [2.45, 2.75) is 52.0 Å². The van der Waals surface area contributed by atoms with Gasteiger partial charge >= 0.3 is 0 Å². The Morgan fingerprint density at radius 3 is 2.52 bits per heavy atom. The average Bonchev–Trinajstić information content (AvgIpc) is 3.27. The van der Waals surface area contributed by atoms with Gasteiger partial charge in [0.1, 0.15) is 0 Å². The van der Waals surface area contributed by atoms with Gasteiger partial charge in [0.05, 0.1) is 12.5 Å². The van der Waals surface area contributed by atoms with E-state index in [2.05, 4.69) is 19.2 Å². The van der Waals surface area contributed by atoms with Crippen molar-refractivity contribution in [1.29, 1.82) is 0 Å². The Kier molecular flexibility index (Phi) is 6.03. The Hall–Kier alpha value is -1.10. The second-order valence-electron chi connectivity index (χ2n) is 6.32. The van der Waals surface area contributed by atoms with Crippen LogP contribution in [-0.4, -0.2) is 60.4 Å². The zero-order valence-electron chi connectivity index (χ0n) is 13.4. The molecule has 21 heavy (non-hydrogen) atoms. The highest BCUT2D eigenvalue weighted by molar-refractivity contribution is 5.89. The molecule has 0 bridgehead atoms. The molecular weight excluding hydrogens is 266 g/mol. The number of hydrogen-bond acceptors (Lipinski definition) is 3. The van der Waals surface area contributed by atoms with Crippen LogP contribution in [0.5, 0.6) is 0 Å². The normalized spacial score (nSPS) is 22.5. The van der Waals surface area contributed by atoms with Crippen LogP contribution in [0.1, 0.15) is 46.0 Å². The molecule has 2 amide bonds. The minimum absolute atomic E-state index is 0.109. The first-order chi connectivity index (χ1) is 10.2. The molecular formula is C16H29N3O2. The standard InChI is InChI=1S/C16H29N3O2/c1-3-8-18(9-4-2)15(20)11-14-16(21)19(10-7-17-14)12-13-5-6-13/h13-14,17H,3-12H2,1-2H3. The zero-order valence-corrected chi connectivity index (χ0v) is 13.4. The fourth-order valence-electron chi connectivity index (χ4n) is 2.95. The van der Waals surface area contributed by atoms with Crippen LogP contribution >= 0.6 is 0 Å². The Bertz CT molecular complexity index is 363. The molecule has 0 aromatic rings. The van der Waals surface area contributed by atoms with Gasteiger partial charge in [-0.25, -0.2) is 0 Å². The SMILES string of the molecule is CCCN(CCC)C(=O)CC1NCCN(CC2CC2)C1=O. The van der Waals surface area contributed by atoms with Crippen molar-refractivity contribution in [2.75, 3.05) is 32.7 Å². The summed E-state index contributed by atoms with van der Waals surface area (Å²) in [4.78, 5) is 28.7. The van der Waals surface area contributed by atoms with Gasteiger partial charge in [0.2, 0.25) is 11.8 Å². The predicted molar refractivity (Wildman–Crippen MR) is 82.9 cm³/mol. The van der Waals surface area contributed by atoms with Gasteiger partial charge in [-0.2, -0.15) is 0 Å². The van der Waals surface area contributed by atoms with Crippen molar-refractivity contribution in [2.24, 2.45) is 5.92 Å². The molecule has 2 fully saturated rings. The van der Waals surface area contributed by atoms with Gasteiger partial charge < -0.3 is 15.1 Å². The van der Waals surface area contributed by atoms with Gasteiger partial charge in [0.15, 0.2) is 0 Å². The highest BCUT2D eigenvalue weighted by Gasteiger charge is 2.34. The van der Waals surface area contributed by atoms with E-state index in [1.165, 1.54) is 12.8 Å². The van der Waals surface area contributed by atoms with E-state index in [0.29, 0.717) is 12.3 Å². The Morgan fingerprint density at radius 1 is 1.29 bits per heavy atom. The highest BCUT2D eigenvalue weighted by Crippen LogP contribution is 2.30. The monoisotopic (exact) mass is 295 g/mol. The summed E-state index contributed by atoms with van der Waals surface area (Å²) < 4.78 is 0. The largest absolute Gasteiger partial charge is 0.343 e. The number of carbonyl (C=O) groups is 2. The molecule has 0 spiro atoms. The molecule has 1 saturated carbocycles. The van der Waals surface area contributed by atoms with E-state index in [4.69, 9.17) is 0 Å². The van der Waals surface area contributed by atoms with Crippen LogP contribution < -0.4 is 5.32 Å². The molecule has 2 rings (SSSR count). The summed E-state index contributed by atoms with van der Waals surface area (Å²) in [6, 6.07) is -0.318. The predicted octanol–water partition coefficient (Wildman–Crippen LogP) is 1.24. The van der Waals surface area contributed by atoms with E-state index in [0.717, 1.165) is 45.6 Å². The Balaban J connectivity index is 1.87. The van der Waals surface area contributed by atoms with Crippen LogP contribution in [0.4, 0.5) is 0 Å². The Morgan fingerprint density at radius 2 is 1.95 bits per heavy atom. The van der Waals surface area contributed by atoms with Crippen LogP contribution in [-0.2, 0) is 9.59 Å². The fraction of sp³-hybridized carbons (Fsp3) is 0.875. The third-order valence-electron chi connectivity index (χ3n) is 4.28. The molecule has 5 nitrogen and oxygen atoms in total. The minimum Gasteiger partial charge on any atom is -0.343 e. The molecule has 0 aromatic heterocycles. The van der Waals surface area contributed by atoms with Gasteiger partial charge in [-0.3, -0.25) is 9.59 Å². The first-order valence-corrected chi connectivity index (χ1v) is 8.45. The van der Waals surface area contributed by atoms with E-state index in [9.17, 15) is 9.59 Å². The maximum atomic E-state index is 12.5. The van der Waals surface area contributed by atoms with Crippen molar-refractivity contribution in [3.05, 3.63) is 0 Å². The summed E-state index contributed by atoms with van der Waals surface area (Å²) in [5.41, 5.74) is 0. The molecule has 1 unspecified atom stereocenters. The maximum absolute atomic E-state index is 12.5. The molecule has 1 N–H and O–H groups in total. The second-order valence-corrected chi connectivity index (χ2v) is 6.32. The molecule has 1 atom stereocenters. The maximum Gasteiger partial charge on any atom is 0.240 e. The molecule has 1 heterocycles. The summed E-state index contributed by atoms with van der Waals surface area (Å²) >= 11 is 0. The lowest BCUT2D eigenvalue weighted by Crippen LogP contribution is -2.56. The smallest absolute Gasteiger partial charge is 0.240 e. The molecule has 1 aliphatic carbocycles. The molecule has 0 radical (unpaired) electrons. The average molecular weight is 295 g/mol. The lowest BCUT2D eigenvalue weighted by atomic mass is 10.1. The number of nitrogens with zero attached hydrogens (tertiary/aromatic N) is 2. The fourth-order valence-corrected chi connectivity index (χ4v) is 2.95. The molecule has 1 aliphatic heterocycles. The lowest BCUT2D eigenvalue weighted by Gasteiger charge is -2.34. The van der Waals surface area contributed by atoms with E-state index in [1.54, 1.807) is 0 Å². The molecule has 5 heteroatoms. The second kappa shape index (κ2) is 7.78. The molecule has 1 saturated heterocycles. The van der Waals surface area contributed by atoms with Crippen LogP contribution in [0, 0.1) is 5.92 Å². The van der Waals surface area contributed by atoms with E-state index in [1.807, 2.05) is 9.80 Å². The topological polar surface area (TPSA) is 52.7 Å². The number of amides is 2. The first-order valence-electron chi connectivity index (χ1n) is 8.45. The summed E-state index contributed by atoms with van der Waals surface area (Å²) in [6.07, 6.45) is 4.74. The van der Waals surface area contributed by atoms with Gasteiger partial charge in [-0.15, -0.1) is 0 Å². The van der Waals surface area contributed by atoms with Crippen molar-refractivity contribution in [3.63, 3.8) is 0 Å². The summed E-state index contributed by atoms with van der Waals surface area (Å²) in [5.74, 6) is 0.937. The van der Waals surface area contributed by atoms with Crippen LogP contribution in [0.2, 0.25) is 0 Å². The lowest BCUT2D eigenvalue weighted by molar-refractivity contribution is -0.141. The summed E-state index contributed by atoms with van der Waals surface area (Å²) in [6.45, 7) is 8.22. The molecule has 120 valence electrons. The van der Waals surface area contributed by atoms with Gasteiger partial charge in [0.25, 0.3) is 0 Å². The third-order valence-corrected chi connectivity index (χ3v) is 4.28. The minimum atomic E-state index is -0.318. The zero-order chi connectivity index (χ0) is 15.2. The highest BCUT2D eigenvalue weighted by atomic mass is 16.2. The van der Waals surface area contributed by atoms with Crippen LogP contribution in [0.25, 0.3) is 0 Å². The number of hydrogen-bond donors (Lipinski definition) is 1. The van der Waals surface area contributed by atoms with Crippen LogP contribution in [0.15, 0.2) is 0 Å². The van der Waals surface area contributed by atoms with Gasteiger partial charge in [-0.05, 0) is 31.6 Å².